The number of aromatic nitrogens is 2. The van der Waals surface area contributed by atoms with Crippen molar-refractivity contribution in [2.45, 2.75) is 0 Å². The van der Waals surface area contributed by atoms with Crippen LogP contribution in [0.2, 0.25) is 0 Å². The Morgan fingerprint density at radius 1 is 0.861 bits per heavy atom. The molecule has 0 bridgehead atoms. The fourth-order valence-electron chi connectivity index (χ4n) is 4.14. The molecule has 1 aliphatic carbocycles. The Bertz CT molecular complexity index is 1580. The van der Waals surface area contributed by atoms with Gasteiger partial charge in [-0.15, -0.1) is 5.11 Å². The fourth-order valence-corrected chi connectivity index (χ4v) is 4.14. The number of H-pyrrole nitrogens is 2. The molecule has 4 N–H and O–H groups in total. The van der Waals surface area contributed by atoms with E-state index in [1.165, 1.54) is 13.2 Å². The molecular weight excluding hydrogens is 462 g/mol. The largest absolute Gasteiger partial charge is 0.506 e. The van der Waals surface area contributed by atoms with Crippen LogP contribution in [0, 0.1) is 0 Å². The van der Waals surface area contributed by atoms with Crippen LogP contribution in [0.15, 0.2) is 77.0 Å². The summed E-state index contributed by atoms with van der Waals surface area (Å²) in [6, 6.07) is 18.2. The number of benzene rings is 3. The summed E-state index contributed by atoms with van der Waals surface area (Å²) >= 11 is 0. The number of amides is 3. The fraction of sp³-hybridized carbons (Fsp3) is 0.0769. The molecule has 36 heavy (non-hydrogen) atoms. The number of aromatic hydroxyl groups is 1. The van der Waals surface area contributed by atoms with Crippen LogP contribution in [0.1, 0.15) is 10.4 Å². The van der Waals surface area contributed by atoms with Gasteiger partial charge in [-0.2, -0.15) is 0 Å². The molecule has 1 aliphatic heterocycles. The zero-order valence-corrected chi connectivity index (χ0v) is 19.3. The Labute approximate surface area is 204 Å². The predicted molar refractivity (Wildman–Crippen MR) is 134 cm³/mol. The number of aromatic amines is 2. The Kier molecular flexibility index (Phi) is 5.83. The Morgan fingerprint density at radius 2 is 1.61 bits per heavy atom. The van der Waals surface area contributed by atoms with Crippen molar-refractivity contribution in [3.8, 4) is 39.8 Å². The van der Waals surface area contributed by atoms with E-state index < -0.39 is 11.9 Å². The number of urea groups is 1. The minimum Gasteiger partial charge on any atom is -0.506 e. The third kappa shape index (κ3) is 3.90. The third-order valence-electron chi connectivity index (χ3n) is 5.81. The first-order valence-corrected chi connectivity index (χ1v) is 10.9. The highest BCUT2D eigenvalue weighted by Gasteiger charge is 2.26. The molecule has 1 heterocycles. The van der Waals surface area contributed by atoms with Crippen molar-refractivity contribution in [3.05, 3.63) is 72.3 Å². The van der Waals surface area contributed by atoms with Gasteiger partial charge in [0, 0.05) is 10.9 Å². The molecule has 180 valence electrons. The number of para-hydroxylation sites is 1. The average molecular weight is 483 g/mol. The monoisotopic (exact) mass is 483 g/mol. The molecule has 0 radical (unpaired) electrons. The van der Waals surface area contributed by atoms with Gasteiger partial charge in [-0.25, -0.2) is 4.79 Å². The van der Waals surface area contributed by atoms with Gasteiger partial charge < -0.3 is 19.9 Å². The maximum absolute atomic E-state index is 12.5. The van der Waals surface area contributed by atoms with E-state index in [1.54, 1.807) is 37.4 Å². The van der Waals surface area contributed by atoms with Gasteiger partial charge in [-0.3, -0.25) is 15.0 Å². The van der Waals surface area contributed by atoms with Crippen LogP contribution < -0.4 is 14.8 Å². The summed E-state index contributed by atoms with van der Waals surface area (Å²) in [6.45, 7) is 0. The number of ether oxygens (including phenoxy) is 2. The van der Waals surface area contributed by atoms with Gasteiger partial charge in [-0.1, -0.05) is 29.4 Å². The topological polar surface area (TPSA) is 141 Å². The highest BCUT2D eigenvalue weighted by Crippen LogP contribution is 2.49. The minimum absolute atomic E-state index is 0.0127. The van der Waals surface area contributed by atoms with E-state index >= 15 is 0 Å². The standard InChI is InChI=1S/C26H21N5O5/c1-35-15-12-10-14(11-13-15)22-21-23(29-28-22)17-7-5-8-18(20(17)24(21)32)27-26(34)31-30-25(33)16-6-3-4-9-19(16)36-2/h3-13,28-29,32H,1-2H3,(H,27,34). The Balaban J connectivity index is 1.45. The summed E-state index contributed by atoms with van der Waals surface area (Å²) in [5.74, 6) is 0.310. The summed E-state index contributed by atoms with van der Waals surface area (Å²) in [5, 5.41) is 28.1. The first kappa shape index (κ1) is 22.7. The van der Waals surface area contributed by atoms with Crippen LogP contribution in [-0.4, -0.2) is 41.5 Å². The number of azo groups is 1. The van der Waals surface area contributed by atoms with Gasteiger partial charge in [-0.05, 0) is 42.5 Å². The molecule has 0 unspecified atom stereocenters. The first-order valence-electron chi connectivity index (χ1n) is 10.9. The number of hydrogen-bond acceptors (Lipinski definition) is 5. The molecule has 10 heteroatoms. The van der Waals surface area contributed by atoms with E-state index in [9.17, 15) is 14.7 Å². The zero-order valence-electron chi connectivity index (χ0n) is 19.3. The number of fused-ring (bicyclic) bond motifs is 3. The lowest BCUT2D eigenvalue weighted by Gasteiger charge is -2.05. The van der Waals surface area contributed by atoms with Crippen molar-refractivity contribution in [2.75, 3.05) is 19.5 Å². The molecule has 0 spiro atoms. The molecule has 3 amide bonds. The maximum atomic E-state index is 12.5. The smallest absolute Gasteiger partial charge is 0.364 e. The summed E-state index contributed by atoms with van der Waals surface area (Å²) in [6.07, 6.45) is 0. The average Bonchev–Trinajstić information content (AvgIpc) is 3.47. The summed E-state index contributed by atoms with van der Waals surface area (Å²) < 4.78 is 10.4. The van der Waals surface area contributed by atoms with E-state index in [0.717, 1.165) is 5.56 Å². The molecule has 10 nitrogen and oxygen atoms in total. The Morgan fingerprint density at radius 3 is 2.36 bits per heavy atom. The number of hydrogen-bond donors (Lipinski definition) is 4. The number of carbonyl (C=O) groups is 2. The second-order valence-corrected chi connectivity index (χ2v) is 7.82. The highest BCUT2D eigenvalue weighted by molar-refractivity contribution is 6.16. The normalized spacial score (nSPS) is 11.3. The lowest BCUT2D eigenvalue weighted by molar-refractivity contribution is 0.0991. The molecule has 0 saturated carbocycles. The minimum atomic E-state index is -0.864. The number of methoxy groups -OCH3 is 2. The van der Waals surface area contributed by atoms with E-state index in [0.29, 0.717) is 44.9 Å². The number of carbonyl (C=O) groups excluding carboxylic acids is 2. The van der Waals surface area contributed by atoms with Crippen LogP contribution in [0.25, 0.3) is 33.3 Å². The number of nitrogens with one attached hydrogen (secondary N) is 3. The molecule has 0 saturated heterocycles. The van der Waals surface area contributed by atoms with Gasteiger partial charge in [0.1, 0.15) is 17.2 Å². The molecule has 0 aromatic heterocycles. The van der Waals surface area contributed by atoms with Gasteiger partial charge >= 0.3 is 6.03 Å². The molecule has 5 rings (SSSR count). The van der Waals surface area contributed by atoms with Crippen LogP contribution in [-0.2, 0) is 0 Å². The first-order chi connectivity index (χ1) is 17.5. The highest BCUT2D eigenvalue weighted by atomic mass is 16.5. The van der Waals surface area contributed by atoms with Crippen LogP contribution in [0.3, 0.4) is 0 Å². The molecular formula is C26H21N5O5. The number of nitrogens with zero attached hydrogens (tertiary/aromatic N) is 2. The predicted octanol–water partition coefficient (Wildman–Crippen LogP) is 5.82. The van der Waals surface area contributed by atoms with Crippen molar-refractivity contribution < 1.29 is 24.2 Å². The van der Waals surface area contributed by atoms with Gasteiger partial charge in [0.2, 0.25) is 0 Å². The van der Waals surface area contributed by atoms with Crippen LogP contribution in [0.5, 0.6) is 17.2 Å². The molecule has 0 fully saturated rings. The van der Waals surface area contributed by atoms with Gasteiger partial charge in [0.25, 0.3) is 5.91 Å². The van der Waals surface area contributed by atoms with Gasteiger partial charge in [0.15, 0.2) is 0 Å². The zero-order chi connectivity index (χ0) is 25.2. The van der Waals surface area contributed by atoms with Crippen molar-refractivity contribution in [1.29, 1.82) is 0 Å². The molecule has 3 aromatic carbocycles. The van der Waals surface area contributed by atoms with Crippen molar-refractivity contribution >= 4 is 28.4 Å². The van der Waals surface area contributed by atoms with E-state index in [-0.39, 0.29) is 11.3 Å². The second kappa shape index (κ2) is 9.26. The summed E-state index contributed by atoms with van der Waals surface area (Å²) in [7, 11) is 3.03. The quantitative estimate of drug-likeness (QED) is 0.233. The van der Waals surface area contributed by atoms with E-state index in [1.807, 2.05) is 30.3 Å². The maximum Gasteiger partial charge on any atom is 0.364 e. The SMILES string of the molecule is COc1ccc(-c2[nH][nH]c3c4cccc(NC(=O)N=NC(=O)c5ccccc5OC)c4c(O)c2-3)cc1. The van der Waals surface area contributed by atoms with Crippen LogP contribution >= 0.6 is 0 Å². The number of anilines is 1. The van der Waals surface area contributed by atoms with E-state index in [4.69, 9.17) is 9.47 Å². The lowest BCUT2D eigenvalue weighted by Crippen LogP contribution is -2.07. The number of rotatable bonds is 5. The summed E-state index contributed by atoms with van der Waals surface area (Å²) in [4.78, 5) is 24.9. The van der Waals surface area contributed by atoms with Crippen molar-refractivity contribution in [1.82, 2.24) is 10.2 Å². The molecule has 3 aromatic rings. The summed E-state index contributed by atoms with van der Waals surface area (Å²) in [5.41, 5.74) is 3.28. The van der Waals surface area contributed by atoms with Crippen LogP contribution in [0.4, 0.5) is 10.5 Å². The lowest BCUT2D eigenvalue weighted by atomic mass is 10.1. The third-order valence-corrected chi connectivity index (χ3v) is 5.81. The van der Waals surface area contributed by atoms with Gasteiger partial charge in [0.05, 0.1) is 47.8 Å². The van der Waals surface area contributed by atoms with E-state index in [2.05, 4.69) is 25.7 Å². The van der Waals surface area contributed by atoms with Crippen molar-refractivity contribution in [2.24, 2.45) is 10.2 Å². The second-order valence-electron chi connectivity index (χ2n) is 7.82. The van der Waals surface area contributed by atoms with Crippen molar-refractivity contribution in [3.63, 3.8) is 0 Å². The molecule has 2 aliphatic rings. The molecule has 0 atom stereocenters. The Hall–Kier alpha value is -5.12.